The molecule has 27 heavy (non-hydrogen) atoms. The molecule has 1 aromatic carbocycles. The van der Waals surface area contributed by atoms with Gasteiger partial charge < -0.3 is 5.32 Å². The van der Waals surface area contributed by atoms with E-state index in [2.05, 4.69) is 21.9 Å². The number of hydrogen-bond donors (Lipinski definition) is 1. The van der Waals surface area contributed by atoms with Crippen LogP contribution >= 0.6 is 11.8 Å². The van der Waals surface area contributed by atoms with Crippen molar-refractivity contribution in [3.8, 4) is 0 Å². The molecule has 7 heteroatoms. The highest BCUT2D eigenvalue weighted by Crippen LogP contribution is 2.32. The highest BCUT2D eigenvalue weighted by Gasteiger charge is 2.22. The van der Waals surface area contributed by atoms with Gasteiger partial charge in [-0.3, -0.25) is 9.98 Å². The molecular weight excluding hydrogens is 371 g/mol. The van der Waals surface area contributed by atoms with Crippen LogP contribution in [0.5, 0.6) is 0 Å². The molecule has 0 bridgehead atoms. The average Bonchev–Trinajstić information content (AvgIpc) is 2.59. The van der Waals surface area contributed by atoms with E-state index in [1.807, 2.05) is 19.1 Å². The van der Waals surface area contributed by atoms with E-state index in [0.717, 1.165) is 24.4 Å². The average molecular weight is 393 g/mol. The first-order valence-corrected chi connectivity index (χ1v) is 9.34. The van der Waals surface area contributed by atoms with E-state index in [1.165, 1.54) is 12.1 Å². The number of hydrogen-bond acceptors (Lipinski definition) is 3. The van der Waals surface area contributed by atoms with Crippen LogP contribution in [0.15, 0.2) is 53.0 Å². The van der Waals surface area contributed by atoms with E-state index in [-0.39, 0.29) is 11.4 Å². The highest BCUT2D eigenvalue weighted by molar-refractivity contribution is 7.99. The fourth-order valence-electron chi connectivity index (χ4n) is 2.20. The van der Waals surface area contributed by atoms with Gasteiger partial charge in [-0.05, 0) is 43.7 Å². The number of benzene rings is 1. The summed E-state index contributed by atoms with van der Waals surface area (Å²) in [5, 5.41) is 2.97. The molecule has 0 spiro atoms. The molecule has 2 aromatic rings. The lowest BCUT2D eigenvalue weighted by Gasteiger charge is -2.15. The van der Waals surface area contributed by atoms with Crippen LogP contribution in [0.3, 0.4) is 0 Å². The number of halogens is 3. The monoisotopic (exact) mass is 393 g/mol. The zero-order chi connectivity index (χ0) is 20.0. The van der Waals surface area contributed by atoms with Crippen molar-refractivity contribution in [3.05, 3.63) is 65.8 Å². The lowest BCUT2D eigenvalue weighted by molar-refractivity contribution is 0.0492. The van der Waals surface area contributed by atoms with Crippen molar-refractivity contribution >= 4 is 23.3 Å². The molecule has 1 heterocycles. The van der Waals surface area contributed by atoms with E-state index < -0.39 is 11.7 Å². The quantitative estimate of drug-likeness (QED) is 0.287. The topological polar surface area (TPSA) is 37.3 Å². The second-order valence-corrected chi connectivity index (χ2v) is 7.26. The molecular formula is C20H22F3N3S. The van der Waals surface area contributed by atoms with Gasteiger partial charge in [0.15, 0.2) is 0 Å². The van der Waals surface area contributed by atoms with Gasteiger partial charge in [-0.2, -0.15) is 0 Å². The number of aliphatic imine (C=N–C) groups is 1. The molecule has 0 radical (unpaired) electrons. The summed E-state index contributed by atoms with van der Waals surface area (Å²) in [7, 11) is 0. The molecule has 0 amide bonds. The summed E-state index contributed by atoms with van der Waals surface area (Å²) in [6, 6.07) is 6.52. The summed E-state index contributed by atoms with van der Waals surface area (Å²) in [6.07, 6.45) is 3.27. The van der Waals surface area contributed by atoms with Crippen molar-refractivity contribution in [3.63, 3.8) is 0 Å². The number of nitrogens with one attached hydrogen (secondary N) is 1. The standard InChI is InChI=1S/C20H22F3N3S/c1-5-8-24-19(15-7-6-14(3)25-11-15)26-17-10-18(13(2)9-16(17)21)27-12-20(4,22)23/h5-7,9-11H,1,8,12H2,2-4H3,(H,24,26). The van der Waals surface area contributed by atoms with Crippen LogP contribution in [0.25, 0.3) is 0 Å². The summed E-state index contributed by atoms with van der Waals surface area (Å²) < 4.78 is 40.8. The molecule has 0 fully saturated rings. The SMILES string of the molecule is C=CCN=C(Nc1cc(SCC(C)(F)F)c(C)cc1F)c1ccc(C)nc1. The van der Waals surface area contributed by atoms with Crippen molar-refractivity contribution in [1.29, 1.82) is 0 Å². The summed E-state index contributed by atoms with van der Waals surface area (Å²) in [5.74, 6) is -3.23. The Bertz CT molecular complexity index is 828. The molecule has 2 rings (SSSR count). The Balaban J connectivity index is 2.33. The van der Waals surface area contributed by atoms with Gasteiger partial charge in [-0.25, -0.2) is 13.2 Å². The normalized spacial score (nSPS) is 12.1. The first-order chi connectivity index (χ1) is 12.7. The van der Waals surface area contributed by atoms with Crippen LogP contribution < -0.4 is 5.32 Å². The van der Waals surface area contributed by atoms with Crippen molar-refractivity contribution in [1.82, 2.24) is 4.98 Å². The molecule has 0 saturated carbocycles. The molecule has 0 aliphatic heterocycles. The van der Waals surface area contributed by atoms with Gasteiger partial charge in [0.05, 0.1) is 18.0 Å². The van der Waals surface area contributed by atoms with Gasteiger partial charge in [0.2, 0.25) is 0 Å². The Hall–Kier alpha value is -2.28. The molecule has 144 valence electrons. The molecule has 0 aliphatic carbocycles. The third-order valence-corrected chi connectivity index (χ3v) is 4.96. The van der Waals surface area contributed by atoms with E-state index in [4.69, 9.17) is 0 Å². The number of nitrogens with zero attached hydrogens (tertiary/aromatic N) is 2. The summed E-state index contributed by atoms with van der Waals surface area (Å²) >= 11 is 0.995. The Kier molecular flexibility index (Phi) is 7.07. The smallest absolute Gasteiger partial charge is 0.254 e. The van der Waals surface area contributed by atoms with Gasteiger partial charge >= 0.3 is 0 Å². The predicted octanol–water partition coefficient (Wildman–Crippen LogP) is 5.63. The Labute approximate surface area is 161 Å². The Morgan fingerprint density at radius 1 is 1.33 bits per heavy atom. The summed E-state index contributed by atoms with van der Waals surface area (Å²) in [4.78, 5) is 9.19. The molecule has 0 unspecified atom stereocenters. The number of pyridine rings is 1. The molecule has 1 N–H and O–H groups in total. The maximum atomic E-state index is 14.5. The number of thioether (sulfide) groups is 1. The zero-order valence-electron chi connectivity index (χ0n) is 15.5. The van der Waals surface area contributed by atoms with Gasteiger partial charge in [0.1, 0.15) is 11.7 Å². The van der Waals surface area contributed by atoms with Gasteiger partial charge in [-0.15, -0.1) is 18.3 Å². The molecule has 1 aromatic heterocycles. The third-order valence-electron chi connectivity index (χ3n) is 3.56. The third kappa shape index (κ3) is 6.43. The number of amidine groups is 1. The van der Waals surface area contributed by atoms with Gasteiger partial charge in [0, 0.05) is 29.3 Å². The highest BCUT2D eigenvalue weighted by atomic mass is 32.2. The first kappa shape index (κ1) is 21.0. The zero-order valence-corrected chi connectivity index (χ0v) is 16.3. The lowest BCUT2D eigenvalue weighted by Crippen LogP contribution is -2.16. The van der Waals surface area contributed by atoms with Crippen LogP contribution in [0.4, 0.5) is 18.9 Å². The second-order valence-electron chi connectivity index (χ2n) is 6.25. The van der Waals surface area contributed by atoms with Crippen molar-refractivity contribution in [2.24, 2.45) is 4.99 Å². The largest absolute Gasteiger partial charge is 0.338 e. The number of anilines is 1. The number of aryl methyl sites for hydroxylation is 2. The minimum absolute atomic E-state index is 0.172. The maximum absolute atomic E-state index is 14.5. The van der Waals surface area contributed by atoms with Crippen LogP contribution in [0.2, 0.25) is 0 Å². The van der Waals surface area contributed by atoms with Crippen molar-refractivity contribution < 1.29 is 13.2 Å². The first-order valence-electron chi connectivity index (χ1n) is 8.36. The second kappa shape index (κ2) is 9.08. The number of alkyl halides is 2. The van der Waals surface area contributed by atoms with Gasteiger partial charge in [-0.1, -0.05) is 6.08 Å². The van der Waals surface area contributed by atoms with Gasteiger partial charge in [0.25, 0.3) is 5.92 Å². The summed E-state index contributed by atoms with van der Waals surface area (Å²) in [5.41, 5.74) is 2.32. The number of aromatic nitrogens is 1. The molecule has 0 atom stereocenters. The Morgan fingerprint density at radius 3 is 2.67 bits per heavy atom. The van der Waals surface area contributed by atoms with Crippen molar-refractivity contribution in [2.45, 2.75) is 31.6 Å². The minimum Gasteiger partial charge on any atom is -0.338 e. The van der Waals surface area contributed by atoms with Crippen molar-refractivity contribution in [2.75, 3.05) is 17.6 Å². The van der Waals surface area contributed by atoms with E-state index >= 15 is 0 Å². The minimum atomic E-state index is -2.80. The van der Waals surface area contributed by atoms with E-state index in [1.54, 1.807) is 19.2 Å². The lowest BCUT2D eigenvalue weighted by atomic mass is 10.2. The van der Waals surface area contributed by atoms with E-state index in [0.29, 0.717) is 28.4 Å². The van der Waals surface area contributed by atoms with Crippen LogP contribution in [0, 0.1) is 19.7 Å². The maximum Gasteiger partial charge on any atom is 0.254 e. The molecule has 3 nitrogen and oxygen atoms in total. The fraction of sp³-hybridized carbons (Fsp3) is 0.300. The molecule has 0 saturated heterocycles. The fourth-order valence-corrected chi connectivity index (χ4v) is 3.10. The predicted molar refractivity (Wildman–Crippen MR) is 107 cm³/mol. The number of rotatable bonds is 7. The van der Waals surface area contributed by atoms with Crippen LogP contribution in [-0.2, 0) is 0 Å². The van der Waals surface area contributed by atoms with E-state index in [9.17, 15) is 13.2 Å². The van der Waals surface area contributed by atoms with Crippen LogP contribution in [-0.4, -0.2) is 29.0 Å². The molecule has 0 aliphatic rings. The summed E-state index contributed by atoms with van der Waals surface area (Å²) in [6.45, 7) is 8.40. The van der Waals surface area contributed by atoms with Crippen LogP contribution in [0.1, 0.15) is 23.7 Å². The Morgan fingerprint density at radius 2 is 2.07 bits per heavy atom.